The Balaban J connectivity index is 1.46. The molecule has 0 N–H and O–H groups in total. The zero-order valence-corrected chi connectivity index (χ0v) is 17.4. The van der Waals surface area contributed by atoms with Crippen LogP contribution in [0.5, 0.6) is 0 Å². The number of aromatic nitrogens is 2. The van der Waals surface area contributed by atoms with Crippen molar-refractivity contribution in [1.82, 2.24) is 14.3 Å². The highest BCUT2D eigenvalue weighted by atomic mass is 32.2. The number of anilines is 2. The molecule has 0 aliphatic carbocycles. The van der Waals surface area contributed by atoms with Gasteiger partial charge in [0.25, 0.3) is 0 Å². The number of sulfonamides is 1. The maximum atomic E-state index is 13.0. The van der Waals surface area contributed by atoms with E-state index in [1.165, 1.54) is 24.2 Å². The number of piperazine rings is 1. The molecular weight excluding hydrogens is 382 g/mol. The van der Waals surface area contributed by atoms with Gasteiger partial charge in [-0.15, -0.1) is 11.3 Å². The second-order valence-electron chi connectivity index (χ2n) is 7.10. The van der Waals surface area contributed by atoms with Crippen LogP contribution in [0, 0.1) is 13.8 Å². The lowest BCUT2D eigenvalue weighted by molar-refractivity contribution is 0.383. The summed E-state index contributed by atoms with van der Waals surface area (Å²) in [7, 11) is -3.42. The molecule has 7 nitrogen and oxygen atoms in total. The van der Waals surface area contributed by atoms with Crippen molar-refractivity contribution in [2.24, 2.45) is 0 Å². The highest BCUT2D eigenvalue weighted by Gasteiger charge is 2.31. The minimum Gasteiger partial charge on any atom is -0.356 e. The van der Waals surface area contributed by atoms with Gasteiger partial charge in [-0.1, -0.05) is 0 Å². The molecule has 0 spiro atoms. The lowest BCUT2D eigenvalue weighted by Gasteiger charge is -2.34. The molecule has 0 saturated carbocycles. The molecule has 4 heterocycles. The van der Waals surface area contributed by atoms with Crippen LogP contribution in [0.1, 0.15) is 22.6 Å². The third-order valence-corrected chi connectivity index (χ3v) is 8.36. The molecule has 0 bridgehead atoms. The van der Waals surface area contributed by atoms with Gasteiger partial charge < -0.3 is 9.80 Å². The number of hydrogen-bond acceptors (Lipinski definition) is 7. The topological polar surface area (TPSA) is 69.6 Å². The number of hydrogen-bond donors (Lipinski definition) is 0. The number of rotatable bonds is 4. The second-order valence-corrected chi connectivity index (χ2v) is 10.5. The fraction of sp³-hybridized carbons (Fsp3) is 0.556. The Morgan fingerprint density at radius 3 is 2.04 bits per heavy atom. The molecule has 2 aromatic rings. The molecule has 9 heteroatoms. The lowest BCUT2D eigenvalue weighted by Crippen LogP contribution is -2.49. The summed E-state index contributed by atoms with van der Waals surface area (Å²) in [5.74, 6) is 1.85. The summed E-state index contributed by atoms with van der Waals surface area (Å²) < 4.78 is 27.5. The Hall–Kier alpha value is -1.71. The van der Waals surface area contributed by atoms with Crippen LogP contribution in [0.4, 0.5) is 11.6 Å². The van der Waals surface area contributed by atoms with Gasteiger partial charge in [0, 0.05) is 55.1 Å². The van der Waals surface area contributed by atoms with Crippen LogP contribution in [0.2, 0.25) is 0 Å². The third kappa shape index (κ3) is 3.68. The van der Waals surface area contributed by atoms with Crippen molar-refractivity contribution in [3.63, 3.8) is 0 Å². The van der Waals surface area contributed by atoms with Gasteiger partial charge in [-0.05, 0) is 32.8 Å². The van der Waals surface area contributed by atoms with Crippen LogP contribution in [0.25, 0.3) is 0 Å². The molecular formula is C18H25N5O2S2. The van der Waals surface area contributed by atoms with E-state index in [1.807, 2.05) is 19.9 Å². The average Bonchev–Trinajstić information content (AvgIpc) is 3.32. The zero-order valence-electron chi connectivity index (χ0n) is 15.8. The molecule has 4 rings (SSSR count). The normalized spacial score (nSPS) is 19.0. The summed E-state index contributed by atoms with van der Waals surface area (Å²) in [6.45, 7) is 8.13. The van der Waals surface area contributed by atoms with Gasteiger partial charge in [0.15, 0.2) is 0 Å². The summed E-state index contributed by atoms with van der Waals surface area (Å²) in [6, 6.07) is 3.82. The zero-order chi connectivity index (χ0) is 19.0. The first-order valence-electron chi connectivity index (χ1n) is 9.34. The highest BCUT2D eigenvalue weighted by molar-refractivity contribution is 7.89. The quantitative estimate of drug-likeness (QED) is 0.774. The standard InChI is InChI=1S/C18H25N5O2S2/c1-14-11-16(15(2)26-14)27(24,25)23-9-7-22(8-10-23)18-12-17(19-13-20-18)21-5-3-4-6-21/h11-13H,3-10H2,1-2H3. The van der Waals surface area contributed by atoms with Gasteiger partial charge in [0.2, 0.25) is 10.0 Å². The van der Waals surface area contributed by atoms with Crippen LogP contribution < -0.4 is 9.80 Å². The predicted octanol–water partition coefficient (Wildman–Crippen LogP) is 2.27. The molecule has 2 fully saturated rings. The van der Waals surface area contributed by atoms with Gasteiger partial charge in [0.05, 0.1) is 4.90 Å². The van der Waals surface area contributed by atoms with Gasteiger partial charge in [-0.2, -0.15) is 4.31 Å². The lowest BCUT2D eigenvalue weighted by atomic mass is 10.3. The maximum absolute atomic E-state index is 13.0. The minimum atomic E-state index is -3.42. The summed E-state index contributed by atoms with van der Waals surface area (Å²) in [5.41, 5.74) is 0. The maximum Gasteiger partial charge on any atom is 0.244 e. The summed E-state index contributed by atoms with van der Waals surface area (Å²) in [4.78, 5) is 15.6. The van der Waals surface area contributed by atoms with Crippen LogP contribution in [-0.4, -0.2) is 62.0 Å². The molecule has 2 aliphatic rings. The summed E-state index contributed by atoms with van der Waals surface area (Å²) in [6.07, 6.45) is 4.03. The number of thiophene rings is 1. The summed E-state index contributed by atoms with van der Waals surface area (Å²) >= 11 is 1.53. The van der Waals surface area contributed by atoms with E-state index in [0.29, 0.717) is 31.1 Å². The fourth-order valence-corrected chi connectivity index (χ4v) is 6.74. The molecule has 0 atom stereocenters. The Kier molecular flexibility index (Phi) is 5.09. The molecule has 2 saturated heterocycles. The van der Waals surface area contributed by atoms with Gasteiger partial charge in [-0.25, -0.2) is 18.4 Å². The van der Waals surface area contributed by atoms with Crippen molar-refractivity contribution < 1.29 is 8.42 Å². The molecule has 27 heavy (non-hydrogen) atoms. The summed E-state index contributed by atoms with van der Waals surface area (Å²) in [5, 5.41) is 0. The molecule has 2 aromatic heterocycles. The highest BCUT2D eigenvalue weighted by Crippen LogP contribution is 2.29. The molecule has 2 aliphatic heterocycles. The molecule has 0 aromatic carbocycles. The van der Waals surface area contributed by atoms with E-state index in [0.717, 1.165) is 34.5 Å². The van der Waals surface area contributed by atoms with Crippen molar-refractivity contribution in [1.29, 1.82) is 0 Å². The van der Waals surface area contributed by atoms with E-state index < -0.39 is 10.0 Å². The van der Waals surface area contributed by atoms with Crippen molar-refractivity contribution in [3.05, 3.63) is 28.2 Å². The van der Waals surface area contributed by atoms with Crippen molar-refractivity contribution in [2.75, 3.05) is 49.1 Å². The van der Waals surface area contributed by atoms with E-state index >= 15 is 0 Å². The van der Waals surface area contributed by atoms with E-state index in [9.17, 15) is 8.42 Å². The van der Waals surface area contributed by atoms with Crippen LogP contribution in [0.3, 0.4) is 0 Å². The number of aryl methyl sites for hydroxylation is 2. The molecule has 0 amide bonds. The monoisotopic (exact) mass is 407 g/mol. The van der Waals surface area contributed by atoms with Crippen molar-refractivity contribution >= 4 is 33.0 Å². The average molecular weight is 408 g/mol. The third-order valence-electron chi connectivity index (χ3n) is 5.24. The van der Waals surface area contributed by atoms with E-state index in [4.69, 9.17) is 0 Å². The van der Waals surface area contributed by atoms with Gasteiger partial charge in [0.1, 0.15) is 18.0 Å². The first kappa shape index (κ1) is 18.6. The molecule has 146 valence electrons. The predicted molar refractivity (Wildman–Crippen MR) is 108 cm³/mol. The smallest absolute Gasteiger partial charge is 0.244 e. The van der Waals surface area contributed by atoms with Crippen molar-refractivity contribution in [3.8, 4) is 0 Å². The minimum absolute atomic E-state index is 0.455. The van der Waals surface area contributed by atoms with E-state index in [2.05, 4.69) is 19.8 Å². The van der Waals surface area contributed by atoms with Gasteiger partial charge in [-0.3, -0.25) is 0 Å². The van der Waals surface area contributed by atoms with E-state index in [-0.39, 0.29) is 0 Å². The molecule has 0 unspecified atom stereocenters. The van der Waals surface area contributed by atoms with Crippen LogP contribution >= 0.6 is 11.3 Å². The Bertz CT molecular complexity index is 914. The van der Waals surface area contributed by atoms with Crippen LogP contribution in [-0.2, 0) is 10.0 Å². The molecule has 0 radical (unpaired) electrons. The van der Waals surface area contributed by atoms with Crippen LogP contribution in [0.15, 0.2) is 23.4 Å². The largest absolute Gasteiger partial charge is 0.356 e. The first-order chi connectivity index (χ1) is 12.9. The van der Waals surface area contributed by atoms with Gasteiger partial charge >= 0.3 is 0 Å². The SMILES string of the molecule is Cc1cc(S(=O)(=O)N2CCN(c3cc(N4CCCC4)ncn3)CC2)c(C)s1. The Morgan fingerprint density at radius 2 is 1.48 bits per heavy atom. The Labute approximate surface area is 164 Å². The fourth-order valence-electron chi connectivity index (χ4n) is 3.79. The van der Waals surface area contributed by atoms with E-state index in [1.54, 1.807) is 16.7 Å². The van der Waals surface area contributed by atoms with Crippen molar-refractivity contribution in [2.45, 2.75) is 31.6 Å². The Morgan fingerprint density at radius 1 is 0.889 bits per heavy atom. The number of nitrogens with zero attached hydrogens (tertiary/aromatic N) is 5. The second kappa shape index (κ2) is 7.37. The first-order valence-corrected chi connectivity index (χ1v) is 11.6.